The largest absolute Gasteiger partial charge is 0.481 e. The molecule has 2 aromatic rings. The van der Waals surface area contributed by atoms with Crippen molar-refractivity contribution in [2.45, 2.75) is 12.8 Å². The van der Waals surface area contributed by atoms with Crippen molar-refractivity contribution in [3.05, 3.63) is 38.8 Å². The SMILES string of the molecule is O=C(O)CCc1csc(Nc2cc(Cl)ccc2Br)n1. The average Bonchev–Trinajstić information content (AvgIpc) is 2.79. The standard InChI is InChI=1S/C12H10BrClN2O2S/c13-9-3-1-7(14)5-10(9)16-12-15-8(6-19-12)2-4-11(17)18/h1,3,5-6H,2,4H2,(H,15,16)(H,17,18). The van der Waals surface area contributed by atoms with Crippen LogP contribution in [0.2, 0.25) is 5.02 Å². The molecule has 0 aliphatic carbocycles. The van der Waals surface area contributed by atoms with E-state index in [0.29, 0.717) is 16.6 Å². The fourth-order valence-electron chi connectivity index (χ4n) is 1.42. The molecular weight excluding hydrogens is 352 g/mol. The monoisotopic (exact) mass is 360 g/mol. The van der Waals surface area contributed by atoms with E-state index in [1.807, 2.05) is 11.4 Å². The third-order valence-corrected chi connectivity index (χ3v) is 4.05. The van der Waals surface area contributed by atoms with E-state index in [-0.39, 0.29) is 6.42 Å². The number of nitrogens with zero attached hydrogens (tertiary/aromatic N) is 1. The van der Waals surface area contributed by atoms with Gasteiger partial charge >= 0.3 is 5.97 Å². The molecule has 2 N–H and O–H groups in total. The number of aliphatic carboxylic acids is 1. The number of hydrogen-bond acceptors (Lipinski definition) is 4. The summed E-state index contributed by atoms with van der Waals surface area (Å²) in [4.78, 5) is 14.8. The Balaban J connectivity index is 2.07. The van der Waals surface area contributed by atoms with Gasteiger partial charge in [-0.05, 0) is 34.1 Å². The summed E-state index contributed by atoms with van der Waals surface area (Å²) in [6.45, 7) is 0. The Morgan fingerprint density at radius 2 is 2.32 bits per heavy atom. The number of hydrogen-bond donors (Lipinski definition) is 2. The molecule has 0 aliphatic heterocycles. The highest BCUT2D eigenvalue weighted by atomic mass is 79.9. The third kappa shape index (κ3) is 4.19. The first-order valence-corrected chi connectivity index (χ1v) is 7.48. The lowest BCUT2D eigenvalue weighted by Gasteiger charge is -2.05. The van der Waals surface area contributed by atoms with Crippen molar-refractivity contribution < 1.29 is 9.90 Å². The van der Waals surface area contributed by atoms with Gasteiger partial charge in [0.1, 0.15) is 0 Å². The van der Waals surface area contributed by atoms with Crippen molar-refractivity contribution in [3.8, 4) is 0 Å². The van der Waals surface area contributed by atoms with Gasteiger partial charge in [-0.3, -0.25) is 4.79 Å². The van der Waals surface area contributed by atoms with E-state index in [2.05, 4.69) is 26.2 Å². The molecule has 0 radical (unpaired) electrons. The summed E-state index contributed by atoms with van der Waals surface area (Å²) in [6, 6.07) is 5.44. The van der Waals surface area contributed by atoms with E-state index in [4.69, 9.17) is 16.7 Å². The number of carbonyl (C=O) groups is 1. The van der Waals surface area contributed by atoms with E-state index >= 15 is 0 Å². The zero-order valence-electron chi connectivity index (χ0n) is 9.69. The lowest BCUT2D eigenvalue weighted by molar-refractivity contribution is -0.136. The highest BCUT2D eigenvalue weighted by Crippen LogP contribution is 2.30. The lowest BCUT2D eigenvalue weighted by Crippen LogP contribution is -1.98. The Morgan fingerprint density at radius 1 is 1.53 bits per heavy atom. The fraction of sp³-hybridized carbons (Fsp3) is 0.167. The molecular formula is C12H10BrClN2O2S. The van der Waals surface area contributed by atoms with Crippen LogP contribution < -0.4 is 5.32 Å². The summed E-state index contributed by atoms with van der Waals surface area (Å²) in [5.74, 6) is -0.819. The van der Waals surface area contributed by atoms with Crippen LogP contribution in [-0.4, -0.2) is 16.1 Å². The van der Waals surface area contributed by atoms with Crippen LogP contribution in [0.1, 0.15) is 12.1 Å². The van der Waals surface area contributed by atoms with Crippen molar-refractivity contribution >= 4 is 55.7 Å². The number of aryl methyl sites for hydroxylation is 1. The number of carboxylic acid groups (broad SMARTS) is 1. The highest BCUT2D eigenvalue weighted by molar-refractivity contribution is 9.10. The van der Waals surface area contributed by atoms with Crippen molar-refractivity contribution in [2.24, 2.45) is 0 Å². The minimum Gasteiger partial charge on any atom is -0.481 e. The summed E-state index contributed by atoms with van der Waals surface area (Å²) < 4.78 is 0.888. The zero-order valence-corrected chi connectivity index (χ0v) is 12.8. The molecule has 0 spiro atoms. The second kappa shape index (κ2) is 6.36. The predicted octanol–water partition coefficient (Wildman–Crippen LogP) is 4.32. The number of anilines is 2. The molecule has 1 heterocycles. The minimum atomic E-state index is -0.819. The molecule has 0 amide bonds. The molecule has 7 heteroatoms. The molecule has 0 unspecified atom stereocenters. The first-order chi connectivity index (χ1) is 9.04. The summed E-state index contributed by atoms with van der Waals surface area (Å²) in [7, 11) is 0. The second-order valence-corrected chi connectivity index (χ2v) is 5.94. The second-order valence-electron chi connectivity index (χ2n) is 3.79. The van der Waals surface area contributed by atoms with Gasteiger partial charge in [0.2, 0.25) is 0 Å². The first-order valence-electron chi connectivity index (χ1n) is 5.43. The Labute approximate surface area is 127 Å². The lowest BCUT2D eigenvalue weighted by atomic mass is 10.2. The van der Waals surface area contributed by atoms with Crippen LogP contribution in [-0.2, 0) is 11.2 Å². The summed E-state index contributed by atoms with van der Waals surface area (Å²) in [5.41, 5.74) is 1.60. The maximum Gasteiger partial charge on any atom is 0.303 e. The Kier molecular flexibility index (Phi) is 4.79. The Bertz CT molecular complexity index is 603. The molecule has 0 saturated carbocycles. The van der Waals surface area contributed by atoms with Gasteiger partial charge in [0.05, 0.1) is 17.8 Å². The first kappa shape index (κ1) is 14.3. The maximum absolute atomic E-state index is 10.5. The quantitative estimate of drug-likeness (QED) is 0.832. The van der Waals surface area contributed by atoms with E-state index < -0.39 is 5.97 Å². The van der Waals surface area contributed by atoms with E-state index in [1.165, 1.54) is 11.3 Å². The van der Waals surface area contributed by atoms with Crippen LogP contribution >= 0.6 is 38.9 Å². The zero-order chi connectivity index (χ0) is 13.8. The van der Waals surface area contributed by atoms with Gasteiger partial charge in [-0.2, -0.15) is 0 Å². The van der Waals surface area contributed by atoms with Crippen LogP contribution in [0.5, 0.6) is 0 Å². The number of thiazole rings is 1. The maximum atomic E-state index is 10.5. The molecule has 2 rings (SSSR count). The van der Waals surface area contributed by atoms with Gasteiger partial charge in [-0.15, -0.1) is 11.3 Å². The number of nitrogens with one attached hydrogen (secondary N) is 1. The molecule has 0 fully saturated rings. The highest BCUT2D eigenvalue weighted by Gasteiger charge is 2.07. The average molecular weight is 362 g/mol. The van der Waals surface area contributed by atoms with E-state index in [1.54, 1.807) is 12.1 Å². The molecule has 0 saturated heterocycles. The van der Waals surface area contributed by atoms with Gasteiger partial charge in [0.25, 0.3) is 0 Å². The fourth-order valence-corrected chi connectivity index (χ4v) is 2.70. The van der Waals surface area contributed by atoms with Crippen LogP contribution in [0, 0.1) is 0 Å². The van der Waals surface area contributed by atoms with Gasteiger partial charge in [-0.25, -0.2) is 4.98 Å². The molecule has 1 aromatic heterocycles. The smallest absolute Gasteiger partial charge is 0.303 e. The van der Waals surface area contributed by atoms with Crippen molar-refractivity contribution in [1.82, 2.24) is 4.98 Å². The van der Waals surface area contributed by atoms with Crippen LogP contribution in [0.25, 0.3) is 0 Å². The number of rotatable bonds is 5. The van der Waals surface area contributed by atoms with Gasteiger partial charge in [0, 0.05) is 21.3 Å². The summed E-state index contributed by atoms with van der Waals surface area (Å²) >= 11 is 10.8. The van der Waals surface area contributed by atoms with Crippen molar-refractivity contribution in [2.75, 3.05) is 5.32 Å². The van der Waals surface area contributed by atoms with Gasteiger partial charge < -0.3 is 10.4 Å². The van der Waals surface area contributed by atoms with Crippen LogP contribution in [0.4, 0.5) is 10.8 Å². The molecule has 1 aromatic carbocycles. The summed E-state index contributed by atoms with van der Waals surface area (Å²) in [5, 5.41) is 15.0. The van der Waals surface area contributed by atoms with E-state index in [0.717, 1.165) is 15.9 Å². The predicted molar refractivity (Wildman–Crippen MR) is 80.5 cm³/mol. The molecule has 4 nitrogen and oxygen atoms in total. The molecule has 19 heavy (non-hydrogen) atoms. The Morgan fingerprint density at radius 3 is 3.05 bits per heavy atom. The van der Waals surface area contributed by atoms with Gasteiger partial charge in [0.15, 0.2) is 5.13 Å². The normalized spacial score (nSPS) is 10.4. The molecule has 0 aliphatic rings. The van der Waals surface area contributed by atoms with E-state index in [9.17, 15) is 4.79 Å². The Hall–Kier alpha value is -1.11. The number of carboxylic acids is 1. The molecule has 100 valence electrons. The number of aromatic nitrogens is 1. The molecule has 0 atom stereocenters. The van der Waals surface area contributed by atoms with Crippen molar-refractivity contribution in [3.63, 3.8) is 0 Å². The summed E-state index contributed by atoms with van der Waals surface area (Å²) in [6.07, 6.45) is 0.522. The number of halogens is 2. The third-order valence-electron chi connectivity index (χ3n) is 2.32. The van der Waals surface area contributed by atoms with Gasteiger partial charge in [-0.1, -0.05) is 11.6 Å². The number of benzene rings is 1. The minimum absolute atomic E-state index is 0.0873. The topological polar surface area (TPSA) is 62.2 Å². The van der Waals surface area contributed by atoms with Crippen molar-refractivity contribution in [1.29, 1.82) is 0 Å². The molecule has 0 bridgehead atoms. The van der Waals surface area contributed by atoms with Crippen LogP contribution in [0.3, 0.4) is 0 Å². The van der Waals surface area contributed by atoms with Crippen LogP contribution in [0.15, 0.2) is 28.1 Å².